The molecule has 3 N–H and O–H groups in total. The largest absolute Gasteiger partial charge is 0.337 e. The SMILES string of the molecule is O=C(NCCN1CCCCC1)NC1CNC1. The summed E-state index contributed by atoms with van der Waals surface area (Å²) in [5, 5.41) is 8.96. The zero-order valence-corrected chi connectivity index (χ0v) is 9.80. The van der Waals surface area contributed by atoms with E-state index in [2.05, 4.69) is 20.9 Å². The molecule has 2 heterocycles. The number of nitrogens with zero attached hydrogens (tertiary/aromatic N) is 1. The molecule has 0 saturated carbocycles. The Morgan fingerprint density at radius 1 is 1.25 bits per heavy atom. The molecule has 0 unspecified atom stereocenters. The van der Waals surface area contributed by atoms with Crippen molar-refractivity contribution in [3.63, 3.8) is 0 Å². The van der Waals surface area contributed by atoms with Crippen molar-refractivity contribution in [3.05, 3.63) is 0 Å². The van der Waals surface area contributed by atoms with Crippen molar-refractivity contribution in [2.75, 3.05) is 39.3 Å². The van der Waals surface area contributed by atoms with E-state index in [0.29, 0.717) is 6.04 Å². The number of hydrogen-bond acceptors (Lipinski definition) is 3. The van der Waals surface area contributed by atoms with Gasteiger partial charge in [-0.25, -0.2) is 4.79 Å². The van der Waals surface area contributed by atoms with E-state index in [0.717, 1.165) is 26.2 Å². The molecular formula is C11H22N4O. The fourth-order valence-corrected chi connectivity index (χ4v) is 2.14. The number of carbonyl (C=O) groups is 1. The van der Waals surface area contributed by atoms with Crippen molar-refractivity contribution >= 4 is 6.03 Å². The van der Waals surface area contributed by atoms with E-state index in [1.807, 2.05) is 0 Å². The third-order valence-corrected chi connectivity index (χ3v) is 3.28. The van der Waals surface area contributed by atoms with Crippen LogP contribution in [0.3, 0.4) is 0 Å². The quantitative estimate of drug-likeness (QED) is 0.619. The Balaban J connectivity index is 1.51. The van der Waals surface area contributed by atoms with E-state index < -0.39 is 0 Å². The molecule has 5 nitrogen and oxygen atoms in total. The Morgan fingerprint density at radius 3 is 2.62 bits per heavy atom. The van der Waals surface area contributed by atoms with Crippen LogP contribution in [-0.4, -0.2) is 56.2 Å². The molecule has 92 valence electrons. The van der Waals surface area contributed by atoms with Gasteiger partial charge in [-0.2, -0.15) is 0 Å². The number of rotatable bonds is 4. The number of piperidine rings is 1. The normalized spacial score (nSPS) is 22.5. The van der Waals surface area contributed by atoms with E-state index in [1.54, 1.807) is 0 Å². The van der Waals surface area contributed by atoms with Crippen molar-refractivity contribution in [1.29, 1.82) is 0 Å². The molecule has 16 heavy (non-hydrogen) atoms. The molecule has 0 spiro atoms. The molecule has 2 aliphatic heterocycles. The first-order valence-electron chi connectivity index (χ1n) is 6.32. The second-order valence-corrected chi connectivity index (χ2v) is 4.66. The molecule has 2 aliphatic rings. The first-order valence-corrected chi connectivity index (χ1v) is 6.32. The van der Waals surface area contributed by atoms with E-state index in [4.69, 9.17) is 0 Å². The molecule has 2 amide bonds. The van der Waals surface area contributed by atoms with Crippen molar-refractivity contribution in [1.82, 2.24) is 20.9 Å². The van der Waals surface area contributed by atoms with Gasteiger partial charge < -0.3 is 20.9 Å². The highest BCUT2D eigenvalue weighted by molar-refractivity contribution is 5.74. The number of likely N-dealkylation sites (tertiary alicyclic amines) is 1. The first kappa shape index (κ1) is 11.7. The van der Waals surface area contributed by atoms with Crippen molar-refractivity contribution < 1.29 is 4.79 Å². The van der Waals surface area contributed by atoms with E-state index in [1.165, 1.54) is 32.4 Å². The summed E-state index contributed by atoms with van der Waals surface area (Å²) in [4.78, 5) is 13.8. The highest BCUT2D eigenvalue weighted by atomic mass is 16.2. The van der Waals surface area contributed by atoms with Gasteiger partial charge in [0.2, 0.25) is 0 Å². The highest BCUT2D eigenvalue weighted by Crippen LogP contribution is 2.07. The standard InChI is InChI=1S/C11H22N4O/c16-11(14-10-8-12-9-10)13-4-7-15-5-2-1-3-6-15/h10,12H,1-9H2,(H2,13,14,16). The van der Waals surface area contributed by atoms with Gasteiger partial charge in [0.15, 0.2) is 0 Å². The Morgan fingerprint density at radius 2 is 2.00 bits per heavy atom. The van der Waals surface area contributed by atoms with Crippen LogP contribution in [0.2, 0.25) is 0 Å². The lowest BCUT2D eigenvalue weighted by Gasteiger charge is -2.29. The predicted octanol–water partition coefficient (Wildman–Crippen LogP) is -0.257. The predicted molar refractivity (Wildman–Crippen MR) is 63.5 cm³/mol. The highest BCUT2D eigenvalue weighted by Gasteiger charge is 2.18. The fourth-order valence-electron chi connectivity index (χ4n) is 2.14. The topological polar surface area (TPSA) is 56.4 Å². The molecule has 0 radical (unpaired) electrons. The minimum Gasteiger partial charge on any atom is -0.337 e. The van der Waals surface area contributed by atoms with Crippen molar-refractivity contribution in [2.24, 2.45) is 0 Å². The number of nitrogens with one attached hydrogen (secondary N) is 3. The zero-order valence-electron chi connectivity index (χ0n) is 9.80. The van der Waals surface area contributed by atoms with Gasteiger partial charge in [-0.1, -0.05) is 6.42 Å². The first-order chi connectivity index (χ1) is 7.84. The summed E-state index contributed by atoms with van der Waals surface area (Å²) in [5.74, 6) is 0. The Hall–Kier alpha value is -0.810. The van der Waals surface area contributed by atoms with Crippen LogP contribution in [-0.2, 0) is 0 Å². The smallest absolute Gasteiger partial charge is 0.315 e. The van der Waals surface area contributed by atoms with Gasteiger partial charge in [-0.15, -0.1) is 0 Å². The number of carbonyl (C=O) groups excluding carboxylic acids is 1. The molecule has 2 rings (SSSR count). The van der Waals surface area contributed by atoms with E-state index in [9.17, 15) is 4.79 Å². The summed E-state index contributed by atoms with van der Waals surface area (Å²) in [6.07, 6.45) is 3.97. The van der Waals surface area contributed by atoms with Crippen LogP contribution in [0.4, 0.5) is 4.79 Å². The molecule has 0 aromatic heterocycles. The zero-order chi connectivity index (χ0) is 11.2. The maximum absolute atomic E-state index is 11.4. The minimum atomic E-state index is -0.0245. The average Bonchev–Trinajstić information content (AvgIpc) is 2.25. The monoisotopic (exact) mass is 226 g/mol. The van der Waals surface area contributed by atoms with Gasteiger partial charge in [-0.05, 0) is 25.9 Å². The molecule has 2 saturated heterocycles. The van der Waals surface area contributed by atoms with Crippen LogP contribution in [0.25, 0.3) is 0 Å². The second-order valence-electron chi connectivity index (χ2n) is 4.66. The van der Waals surface area contributed by atoms with Gasteiger partial charge in [0, 0.05) is 26.2 Å². The second kappa shape index (κ2) is 6.06. The van der Waals surface area contributed by atoms with E-state index in [-0.39, 0.29) is 6.03 Å². The van der Waals surface area contributed by atoms with Crippen molar-refractivity contribution in [2.45, 2.75) is 25.3 Å². The van der Waals surface area contributed by atoms with Gasteiger partial charge in [0.05, 0.1) is 6.04 Å². The number of hydrogen-bond donors (Lipinski definition) is 3. The van der Waals surface area contributed by atoms with Gasteiger partial charge in [0.25, 0.3) is 0 Å². The van der Waals surface area contributed by atoms with Crippen LogP contribution in [0, 0.1) is 0 Å². The third-order valence-electron chi connectivity index (χ3n) is 3.28. The number of amides is 2. The molecule has 0 aromatic carbocycles. The lowest BCUT2D eigenvalue weighted by atomic mass is 10.1. The molecule has 0 bridgehead atoms. The molecule has 0 aromatic rings. The third kappa shape index (κ3) is 3.64. The Labute approximate surface area is 96.9 Å². The summed E-state index contributed by atoms with van der Waals surface area (Å²) in [5.41, 5.74) is 0. The maximum atomic E-state index is 11.4. The summed E-state index contributed by atoms with van der Waals surface area (Å²) in [7, 11) is 0. The lowest BCUT2D eigenvalue weighted by molar-refractivity contribution is 0.216. The van der Waals surface area contributed by atoms with Gasteiger partial charge in [0.1, 0.15) is 0 Å². The minimum absolute atomic E-state index is 0.0245. The van der Waals surface area contributed by atoms with Crippen LogP contribution < -0.4 is 16.0 Å². The maximum Gasteiger partial charge on any atom is 0.315 e. The summed E-state index contributed by atoms with van der Waals surface area (Å²) in [6, 6.07) is 0.304. The van der Waals surface area contributed by atoms with Crippen LogP contribution >= 0.6 is 0 Å². The van der Waals surface area contributed by atoms with Crippen LogP contribution in [0.15, 0.2) is 0 Å². The van der Waals surface area contributed by atoms with Gasteiger partial charge in [-0.3, -0.25) is 0 Å². The molecule has 2 fully saturated rings. The van der Waals surface area contributed by atoms with Crippen LogP contribution in [0.1, 0.15) is 19.3 Å². The molecule has 5 heteroatoms. The number of urea groups is 1. The van der Waals surface area contributed by atoms with Crippen LogP contribution in [0.5, 0.6) is 0 Å². The average molecular weight is 226 g/mol. The Bertz CT molecular complexity index is 224. The van der Waals surface area contributed by atoms with E-state index >= 15 is 0 Å². The summed E-state index contributed by atoms with van der Waals surface area (Å²) >= 11 is 0. The molecule has 0 aliphatic carbocycles. The van der Waals surface area contributed by atoms with Crippen molar-refractivity contribution in [3.8, 4) is 0 Å². The molecule has 0 atom stereocenters. The van der Waals surface area contributed by atoms with Gasteiger partial charge >= 0.3 is 6.03 Å². The fraction of sp³-hybridized carbons (Fsp3) is 0.909. The Kier molecular flexibility index (Phi) is 4.42. The summed E-state index contributed by atoms with van der Waals surface area (Å²) < 4.78 is 0. The summed E-state index contributed by atoms with van der Waals surface area (Å²) in [6.45, 7) is 5.92. The lowest BCUT2D eigenvalue weighted by Crippen LogP contribution is -2.59. The molecular weight excluding hydrogens is 204 g/mol.